The first-order valence-electron chi connectivity index (χ1n) is 7.90. The van der Waals surface area contributed by atoms with E-state index in [9.17, 15) is 4.39 Å². The number of fused-ring (bicyclic) bond motifs is 1. The largest absolute Gasteiger partial charge is 0.335 e. The number of anilines is 1. The fraction of sp³-hybridized carbons (Fsp3) is 0.294. The zero-order valence-electron chi connectivity index (χ0n) is 13.4. The molecule has 1 aliphatic heterocycles. The second kappa shape index (κ2) is 5.99. The molecule has 0 aromatic carbocycles. The van der Waals surface area contributed by atoms with E-state index in [1.54, 1.807) is 6.20 Å². The highest BCUT2D eigenvalue weighted by atomic mass is 19.1. The van der Waals surface area contributed by atoms with Crippen LogP contribution in [0.1, 0.15) is 17.7 Å². The molecular weight excluding hydrogens is 307 g/mol. The highest BCUT2D eigenvalue weighted by molar-refractivity contribution is 5.63. The molecule has 0 spiro atoms. The normalized spacial score (nSPS) is 14.3. The van der Waals surface area contributed by atoms with Gasteiger partial charge in [-0.1, -0.05) is 0 Å². The first kappa shape index (κ1) is 14.7. The van der Waals surface area contributed by atoms with Gasteiger partial charge in [-0.25, -0.2) is 14.4 Å². The molecule has 1 aliphatic rings. The van der Waals surface area contributed by atoms with Gasteiger partial charge in [0.25, 0.3) is 0 Å². The van der Waals surface area contributed by atoms with Gasteiger partial charge in [0.1, 0.15) is 0 Å². The van der Waals surface area contributed by atoms with Gasteiger partial charge >= 0.3 is 0 Å². The third-order valence-electron chi connectivity index (χ3n) is 4.29. The molecule has 0 saturated heterocycles. The maximum atomic E-state index is 13.1. The van der Waals surface area contributed by atoms with Gasteiger partial charge in [0.2, 0.25) is 5.95 Å². The number of aryl methyl sites for hydroxylation is 1. The first-order chi connectivity index (χ1) is 11.7. The minimum Gasteiger partial charge on any atom is -0.335 e. The summed E-state index contributed by atoms with van der Waals surface area (Å²) >= 11 is 0. The van der Waals surface area contributed by atoms with Gasteiger partial charge in [0, 0.05) is 37.1 Å². The van der Waals surface area contributed by atoms with Crippen molar-refractivity contribution in [2.24, 2.45) is 7.05 Å². The quantitative estimate of drug-likeness (QED) is 0.724. The lowest BCUT2D eigenvalue weighted by Crippen LogP contribution is -2.25. The topological polar surface area (TPSA) is 59.7 Å². The monoisotopic (exact) mass is 324 g/mol. The van der Waals surface area contributed by atoms with Gasteiger partial charge in [-0.2, -0.15) is 5.10 Å². The summed E-state index contributed by atoms with van der Waals surface area (Å²) in [5.41, 5.74) is 4.40. The average Bonchev–Trinajstić information content (AvgIpc) is 2.79. The smallest absolute Gasteiger partial charge is 0.225 e. The Labute approximate surface area is 139 Å². The predicted octanol–water partition coefficient (Wildman–Crippen LogP) is 2.36. The van der Waals surface area contributed by atoms with Crippen LogP contribution in [0.25, 0.3) is 11.3 Å². The summed E-state index contributed by atoms with van der Waals surface area (Å²) in [6, 6.07) is 3.95. The molecular formula is C17H17FN6. The number of hydrogen-bond donors (Lipinski definition) is 0. The zero-order chi connectivity index (χ0) is 16.5. The molecule has 3 aromatic heterocycles. The van der Waals surface area contributed by atoms with Gasteiger partial charge in [-0.15, -0.1) is 0 Å². The van der Waals surface area contributed by atoms with Gasteiger partial charge in [0.05, 0.1) is 30.3 Å². The molecule has 0 amide bonds. The Kier molecular flexibility index (Phi) is 3.68. The molecule has 3 aromatic rings. The van der Waals surface area contributed by atoms with Crippen LogP contribution in [0.2, 0.25) is 0 Å². The van der Waals surface area contributed by atoms with Crippen LogP contribution in [-0.4, -0.2) is 31.3 Å². The Balaban J connectivity index is 1.71. The van der Waals surface area contributed by atoms with Gasteiger partial charge in [0.15, 0.2) is 5.82 Å². The van der Waals surface area contributed by atoms with Crippen LogP contribution in [0.15, 0.2) is 36.9 Å². The minimum absolute atomic E-state index is 0.423. The number of rotatable bonds is 2. The molecule has 0 N–H and O–H groups in total. The van der Waals surface area contributed by atoms with E-state index in [2.05, 4.69) is 19.9 Å². The van der Waals surface area contributed by atoms with E-state index in [-0.39, 0.29) is 0 Å². The molecule has 6 nitrogen and oxygen atoms in total. The van der Waals surface area contributed by atoms with Crippen LogP contribution in [-0.2, 0) is 20.0 Å². The standard InChI is InChI=1S/C17H17FN6/c1-23-15-11-24(17-20-9-13(18)10-21-17)7-3-5-14(15)16(22-23)12-4-2-6-19-8-12/h2,4,6,8-10H,3,5,7,11H2,1H3. The molecule has 0 aliphatic carbocycles. The first-order valence-corrected chi connectivity index (χ1v) is 7.90. The van der Waals surface area contributed by atoms with Crippen molar-refractivity contribution in [3.8, 4) is 11.3 Å². The lowest BCUT2D eigenvalue weighted by atomic mass is 10.0. The van der Waals surface area contributed by atoms with E-state index in [1.165, 1.54) is 18.0 Å². The molecule has 0 atom stereocenters. The van der Waals surface area contributed by atoms with Crippen LogP contribution >= 0.6 is 0 Å². The van der Waals surface area contributed by atoms with E-state index in [0.717, 1.165) is 36.3 Å². The number of aromatic nitrogens is 5. The van der Waals surface area contributed by atoms with Crippen molar-refractivity contribution < 1.29 is 4.39 Å². The van der Waals surface area contributed by atoms with Crippen LogP contribution in [0.3, 0.4) is 0 Å². The highest BCUT2D eigenvalue weighted by Crippen LogP contribution is 2.29. The highest BCUT2D eigenvalue weighted by Gasteiger charge is 2.24. The molecule has 0 fully saturated rings. The molecule has 4 rings (SSSR count). The maximum Gasteiger partial charge on any atom is 0.225 e. The Bertz CT molecular complexity index is 844. The zero-order valence-corrected chi connectivity index (χ0v) is 13.4. The Hall–Kier alpha value is -2.83. The van der Waals surface area contributed by atoms with Crippen LogP contribution < -0.4 is 4.90 Å². The summed E-state index contributed by atoms with van der Waals surface area (Å²) in [4.78, 5) is 14.5. The van der Waals surface area contributed by atoms with Crippen molar-refractivity contribution in [1.29, 1.82) is 0 Å². The van der Waals surface area contributed by atoms with Crippen molar-refractivity contribution in [2.45, 2.75) is 19.4 Å². The van der Waals surface area contributed by atoms with Crippen LogP contribution in [0.5, 0.6) is 0 Å². The summed E-state index contributed by atoms with van der Waals surface area (Å²) in [6.45, 7) is 1.48. The summed E-state index contributed by atoms with van der Waals surface area (Å²) < 4.78 is 15.0. The minimum atomic E-state index is -0.423. The van der Waals surface area contributed by atoms with E-state index in [0.29, 0.717) is 12.5 Å². The van der Waals surface area contributed by atoms with Gasteiger partial charge < -0.3 is 4.90 Å². The number of nitrogens with zero attached hydrogens (tertiary/aromatic N) is 6. The van der Waals surface area contributed by atoms with Crippen molar-refractivity contribution in [3.63, 3.8) is 0 Å². The van der Waals surface area contributed by atoms with Crippen molar-refractivity contribution in [2.75, 3.05) is 11.4 Å². The maximum absolute atomic E-state index is 13.1. The molecule has 0 bridgehead atoms. The summed E-state index contributed by atoms with van der Waals surface area (Å²) in [7, 11) is 1.95. The molecule has 0 unspecified atom stereocenters. The third-order valence-corrected chi connectivity index (χ3v) is 4.29. The Morgan fingerprint density at radius 1 is 1.17 bits per heavy atom. The summed E-state index contributed by atoms with van der Waals surface area (Å²) in [6.07, 6.45) is 7.92. The lowest BCUT2D eigenvalue weighted by Gasteiger charge is -2.20. The SMILES string of the molecule is Cn1nc(-c2cccnc2)c2c1CN(c1ncc(F)cn1)CCC2. The Morgan fingerprint density at radius 2 is 2.00 bits per heavy atom. The molecule has 4 heterocycles. The van der Waals surface area contributed by atoms with Gasteiger partial charge in [-0.05, 0) is 25.0 Å². The predicted molar refractivity (Wildman–Crippen MR) is 87.8 cm³/mol. The molecule has 122 valence electrons. The second-order valence-electron chi connectivity index (χ2n) is 5.87. The number of hydrogen-bond acceptors (Lipinski definition) is 5. The molecule has 7 heteroatoms. The summed E-state index contributed by atoms with van der Waals surface area (Å²) in [5.74, 6) is 0.127. The van der Waals surface area contributed by atoms with Crippen LogP contribution in [0, 0.1) is 5.82 Å². The number of halogens is 1. The van der Waals surface area contributed by atoms with E-state index in [1.807, 2.05) is 30.1 Å². The van der Waals surface area contributed by atoms with E-state index in [4.69, 9.17) is 5.10 Å². The lowest BCUT2D eigenvalue weighted by molar-refractivity contribution is 0.608. The van der Waals surface area contributed by atoms with Crippen LogP contribution in [0.4, 0.5) is 10.3 Å². The summed E-state index contributed by atoms with van der Waals surface area (Å²) in [5, 5.41) is 4.70. The van der Waals surface area contributed by atoms with Crippen molar-refractivity contribution in [1.82, 2.24) is 24.7 Å². The fourth-order valence-electron chi connectivity index (χ4n) is 3.14. The molecule has 0 radical (unpaired) electrons. The average molecular weight is 324 g/mol. The second-order valence-corrected chi connectivity index (χ2v) is 5.87. The van der Waals surface area contributed by atoms with Crippen molar-refractivity contribution in [3.05, 3.63) is 54.0 Å². The van der Waals surface area contributed by atoms with E-state index >= 15 is 0 Å². The van der Waals surface area contributed by atoms with E-state index < -0.39 is 5.82 Å². The fourth-order valence-corrected chi connectivity index (χ4v) is 3.14. The molecule has 24 heavy (non-hydrogen) atoms. The Morgan fingerprint density at radius 3 is 2.75 bits per heavy atom. The molecule has 0 saturated carbocycles. The third kappa shape index (κ3) is 2.62. The van der Waals surface area contributed by atoms with Crippen molar-refractivity contribution >= 4 is 5.95 Å². The van der Waals surface area contributed by atoms with Gasteiger partial charge in [-0.3, -0.25) is 9.67 Å². The number of pyridine rings is 1.